The topological polar surface area (TPSA) is 73.6 Å². The molecule has 0 radical (unpaired) electrons. The van der Waals surface area contributed by atoms with Gasteiger partial charge in [-0.25, -0.2) is 4.68 Å². The molecule has 0 aliphatic carbocycles. The monoisotopic (exact) mass is 288 g/mol. The van der Waals surface area contributed by atoms with Gasteiger partial charge < -0.3 is 14.6 Å². The molecule has 1 N–H and O–H groups in total. The fourth-order valence-corrected chi connectivity index (χ4v) is 2.67. The third-order valence-electron chi connectivity index (χ3n) is 3.69. The number of carboxylic acid groups (broad SMARTS) is 1. The van der Waals surface area contributed by atoms with Crippen LogP contribution in [0.15, 0.2) is 36.5 Å². The second kappa shape index (κ2) is 5.57. The Morgan fingerprint density at radius 3 is 3.00 bits per heavy atom. The summed E-state index contributed by atoms with van der Waals surface area (Å²) < 4.78 is 12.7. The van der Waals surface area contributed by atoms with Crippen LogP contribution in [0.2, 0.25) is 0 Å². The first-order valence-electron chi connectivity index (χ1n) is 6.74. The zero-order valence-corrected chi connectivity index (χ0v) is 11.6. The van der Waals surface area contributed by atoms with Crippen molar-refractivity contribution in [2.75, 3.05) is 13.7 Å². The second-order valence-corrected chi connectivity index (χ2v) is 4.86. The Balaban J connectivity index is 2.03. The van der Waals surface area contributed by atoms with Crippen molar-refractivity contribution in [2.45, 2.75) is 12.5 Å². The van der Waals surface area contributed by atoms with Crippen LogP contribution in [-0.4, -0.2) is 34.6 Å². The molecule has 1 saturated heterocycles. The zero-order valence-electron chi connectivity index (χ0n) is 11.6. The van der Waals surface area contributed by atoms with Gasteiger partial charge in [-0.15, -0.1) is 0 Å². The van der Waals surface area contributed by atoms with E-state index in [1.807, 2.05) is 24.3 Å². The van der Waals surface area contributed by atoms with E-state index in [9.17, 15) is 9.90 Å². The number of para-hydroxylation sites is 2. The molecule has 2 heterocycles. The Bertz CT molecular complexity index is 653. The predicted molar refractivity (Wildman–Crippen MR) is 74.6 cm³/mol. The lowest BCUT2D eigenvalue weighted by atomic mass is 9.99. The summed E-state index contributed by atoms with van der Waals surface area (Å²) in [5.41, 5.74) is 1.49. The maximum absolute atomic E-state index is 11.3. The van der Waals surface area contributed by atoms with Crippen molar-refractivity contribution in [2.24, 2.45) is 5.92 Å². The van der Waals surface area contributed by atoms with Gasteiger partial charge in [0.2, 0.25) is 0 Å². The molecule has 1 aliphatic rings. The van der Waals surface area contributed by atoms with Crippen LogP contribution in [0.3, 0.4) is 0 Å². The van der Waals surface area contributed by atoms with E-state index in [2.05, 4.69) is 5.10 Å². The van der Waals surface area contributed by atoms with Crippen LogP contribution in [0.4, 0.5) is 0 Å². The molecule has 0 bridgehead atoms. The van der Waals surface area contributed by atoms with Crippen molar-refractivity contribution in [1.29, 1.82) is 0 Å². The van der Waals surface area contributed by atoms with Crippen LogP contribution in [-0.2, 0) is 9.53 Å². The van der Waals surface area contributed by atoms with Gasteiger partial charge in [-0.05, 0) is 24.6 Å². The standard InChI is InChI=1S/C15H16N2O4/c1-20-13-5-3-2-4-11(13)17-12(6-8-16-17)14-10(15(18)19)7-9-21-14/h2-6,8,10,14H,7,9H2,1H3,(H,18,19)/t10-,14+/m1/s1. The normalized spacial score (nSPS) is 21.4. The van der Waals surface area contributed by atoms with E-state index >= 15 is 0 Å². The van der Waals surface area contributed by atoms with E-state index in [0.717, 1.165) is 11.4 Å². The highest BCUT2D eigenvalue weighted by molar-refractivity contribution is 5.71. The fourth-order valence-electron chi connectivity index (χ4n) is 2.67. The Morgan fingerprint density at radius 2 is 2.24 bits per heavy atom. The van der Waals surface area contributed by atoms with Crippen LogP contribution in [0.5, 0.6) is 5.75 Å². The number of methoxy groups -OCH3 is 1. The maximum Gasteiger partial charge on any atom is 0.309 e. The average molecular weight is 288 g/mol. The summed E-state index contributed by atoms with van der Waals surface area (Å²) in [7, 11) is 1.59. The number of carbonyl (C=O) groups is 1. The minimum Gasteiger partial charge on any atom is -0.494 e. The van der Waals surface area contributed by atoms with Gasteiger partial charge in [0, 0.05) is 12.8 Å². The number of carboxylic acids is 1. The number of rotatable bonds is 4. The molecular formula is C15H16N2O4. The molecule has 2 aromatic rings. The summed E-state index contributed by atoms with van der Waals surface area (Å²) >= 11 is 0. The summed E-state index contributed by atoms with van der Waals surface area (Å²) in [5.74, 6) is -0.715. The first-order chi connectivity index (χ1) is 10.2. The molecule has 0 unspecified atom stereocenters. The highest BCUT2D eigenvalue weighted by atomic mass is 16.5. The summed E-state index contributed by atoms with van der Waals surface area (Å²) in [6, 6.07) is 9.26. The van der Waals surface area contributed by atoms with Gasteiger partial charge in [-0.1, -0.05) is 12.1 Å². The summed E-state index contributed by atoms with van der Waals surface area (Å²) in [6.45, 7) is 0.443. The number of ether oxygens (including phenoxy) is 2. The van der Waals surface area contributed by atoms with Crippen molar-refractivity contribution in [3.8, 4) is 11.4 Å². The lowest BCUT2D eigenvalue weighted by Gasteiger charge is -2.18. The maximum atomic E-state index is 11.3. The SMILES string of the molecule is COc1ccccc1-n1nccc1[C@H]1OCC[C@H]1C(=O)O. The molecule has 0 amide bonds. The van der Waals surface area contributed by atoms with Gasteiger partial charge >= 0.3 is 5.97 Å². The van der Waals surface area contributed by atoms with Crippen molar-refractivity contribution in [1.82, 2.24) is 9.78 Å². The Labute approximate surface area is 121 Å². The Morgan fingerprint density at radius 1 is 1.43 bits per heavy atom. The fraction of sp³-hybridized carbons (Fsp3) is 0.333. The molecule has 1 aliphatic heterocycles. The van der Waals surface area contributed by atoms with Crippen LogP contribution >= 0.6 is 0 Å². The molecule has 1 aromatic carbocycles. The first-order valence-corrected chi connectivity index (χ1v) is 6.74. The third-order valence-corrected chi connectivity index (χ3v) is 3.69. The van der Waals surface area contributed by atoms with E-state index in [4.69, 9.17) is 9.47 Å². The van der Waals surface area contributed by atoms with E-state index in [-0.39, 0.29) is 0 Å². The van der Waals surface area contributed by atoms with Gasteiger partial charge in [-0.2, -0.15) is 5.10 Å². The Kier molecular flexibility index (Phi) is 3.62. The molecule has 1 fully saturated rings. The number of aromatic nitrogens is 2. The average Bonchev–Trinajstić information content (AvgIpc) is 3.15. The molecular weight excluding hydrogens is 272 g/mol. The number of nitrogens with zero attached hydrogens (tertiary/aromatic N) is 2. The van der Waals surface area contributed by atoms with E-state index in [1.165, 1.54) is 0 Å². The van der Waals surface area contributed by atoms with Gasteiger partial charge in [-0.3, -0.25) is 4.79 Å². The lowest BCUT2D eigenvalue weighted by molar-refractivity contribution is -0.143. The number of hydrogen-bond acceptors (Lipinski definition) is 4. The van der Waals surface area contributed by atoms with Crippen LogP contribution < -0.4 is 4.74 Å². The number of hydrogen-bond donors (Lipinski definition) is 1. The molecule has 0 saturated carbocycles. The van der Waals surface area contributed by atoms with Crippen molar-refractivity contribution in [3.63, 3.8) is 0 Å². The van der Waals surface area contributed by atoms with E-state index < -0.39 is 18.0 Å². The van der Waals surface area contributed by atoms with Gasteiger partial charge in [0.05, 0.1) is 18.7 Å². The molecule has 21 heavy (non-hydrogen) atoms. The molecule has 3 rings (SSSR count). The third kappa shape index (κ3) is 2.38. The number of benzene rings is 1. The van der Waals surface area contributed by atoms with Gasteiger partial charge in [0.1, 0.15) is 17.5 Å². The summed E-state index contributed by atoms with van der Waals surface area (Å²) in [5, 5.41) is 13.6. The van der Waals surface area contributed by atoms with Crippen LogP contribution in [0.25, 0.3) is 5.69 Å². The van der Waals surface area contributed by atoms with Crippen molar-refractivity contribution in [3.05, 3.63) is 42.2 Å². The van der Waals surface area contributed by atoms with Crippen LogP contribution in [0, 0.1) is 5.92 Å². The molecule has 2 atom stereocenters. The minimum atomic E-state index is -0.842. The van der Waals surface area contributed by atoms with Crippen LogP contribution in [0.1, 0.15) is 18.2 Å². The molecule has 6 heteroatoms. The zero-order chi connectivity index (χ0) is 14.8. The highest BCUT2D eigenvalue weighted by Crippen LogP contribution is 2.36. The van der Waals surface area contributed by atoms with Gasteiger partial charge in [0.15, 0.2) is 0 Å². The molecule has 6 nitrogen and oxygen atoms in total. The van der Waals surface area contributed by atoms with Crippen molar-refractivity contribution < 1.29 is 19.4 Å². The molecule has 110 valence electrons. The van der Waals surface area contributed by atoms with Gasteiger partial charge in [0.25, 0.3) is 0 Å². The largest absolute Gasteiger partial charge is 0.494 e. The highest BCUT2D eigenvalue weighted by Gasteiger charge is 2.37. The summed E-state index contributed by atoms with van der Waals surface area (Å²) in [6.07, 6.45) is 1.66. The minimum absolute atomic E-state index is 0.443. The summed E-state index contributed by atoms with van der Waals surface area (Å²) in [4.78, 5) is 11.3. The molecule has 0 spiro atoms. The smallest absolute Gasteiger partial charge is 0.309 e. The second-order valence-electron chi connectivity index (χ2n) is 4.86. The number of aliphatic carboxylic acids is 1. The lowest BCUT2D eigenvalue weighted by Crippen LogP contribution is -2.20. The quantitative estimate of drug-likeness (QED) is 0.932. The predicted octanol–water partition coefficient (Wildman–Crippen LogP) is 2.04. The Hall–Kier alpha value is -2.34. The molecule has 1 aromatic heterocycles. The first kappa shape index (κ1) is 13.6. The van der Waals surface area contributed by atoms with E-state index in [0.29, 0.717) is 18.8 Å². The van der Waals surface area contributed by atoms with Crippen molar-refractivity contribution >= 4 is 5.97 Å². The van der Waals surface area contributed by atoms with E-state index in [1.54, 1.807) is 24.1 Å².